The van der Waals surface area contributed by atoms with Gasteiger partial charge in [-0.2, -0.15) is 0 Å². The Hall–Kier alpha value is -3.58. The molecule has 1 heterocycles. The normalized spacial score (nSPS) is 11.7. The van der Waals surface area contributed by atoms with Crippen LogP contribution in [0.1, 0.15) is 45.9 Å². The van der Waals surface area contributed by atoms with E-state index in [0.717, 1.165) is 11.3 Å². The second-order valence-electron chi connectivity index (χ2n) is 6.52. The zero-order chi connectivity index (χ0) is 24.7. The van der Waals surface area contributed by atoms with Gasteiger partial charge in [0.05, 0.1) is 16.9 Å². The summed E-state index contributed by atoms with van der Waals surface area (Å²) in [5.41, 5.74) is -2.65. The maximum absolute atomic E-state index is 14.9. The highest BCUT2D eigenvalue weighted by Gasteiger charge is 2.29. The van der Waals surface area contributed by atoms with E-state index in [2.05, 4.69) is 11.2 Å². The Morgan fingerprint density at radius 3 is 2.33 bits per heavy atom. The number of halogens is 4. The van der Waals surface area contributed by atoms with Gasteiger partial charge in [-0.05, 0) is 36.4 Å². The molecule has 0 radical (unpaired) electrons. The molecule has 174 valence electrons. The SMILES string of the molecule is C#CCO/C(C)=C/C(=C\CC)c1c(F)c(F)c(NC(=O)c2ccsc2C(=O)NC)c(F)c1F. The van der Waals surface area contributed by atoms with Crippen molar-refractivity contribution in [2.75, 3.05) is 19.0 Å². The summed E-state index contributed by atoms with van der Waals surface area (Å²) in [5, 5.41) is 5.55. The van der Waals surface area contributed by atoms with Gasteiger partial charge >= 0.3 is 0 Å². The Balaban J connectivity index is 2.53. The summed E-state index contributed by atoms with van der Waals surface area (Å²) in [7, 11) is 1.34. The van der Waals surface area contributed by atoms with E-state index < -0.39 is 46.3 Å². The number of benzene rings is 1. The quantitative estimate of drug-likeness (QED) is 0.178. The zero-order valence-electron chi connectivity index (χ0n) is 17.9. The molecule has 2 amide bonds. The highest BCUT2D eigenvalue weighted by Crippen LogP contribution is 2.34. The number of rotatable bonds is 8. The number of amides is 2. The molecule has 2 aromatic rings. The Kier molecular flexibility index (Phi) is 8.82. The number of anilines is 1. The molecule has 1 aromatic heterocycles. The van der Waals surface area contributed by atoms with Crippen molar-refractivity contribution in [2.45, 2.75) is 20.3 Å². The van der Waals surface area contributed by atoms with Gasteiger partial charge < -0.3 is 15.4 Å². The Labute approximate surface area is 192 Å². The largest absolute Gasteiger partial charge is 0.486 e. The molecule has 0 aliphatic carbocycles. The summed E-state index contributed by atoms with van der Waals surface area (Å²) in [6.07, 6.45) is 7.93. The molecule has 0 aliphatic rings. The van der Waals surface area contributed by atoms with Crippen LogP contribution in [0.15, 0.2) is 29.4 Å². The molecular weight excluding hydrogens is 460 g/mol. The van der Waals surface area contributed by atoms with Crippen molar-refractivity contribution in [3.8, 4) is 12.3 Å². The lowest BCUT2D eigenvalue weighted by molar-refractivity contribution is 0.0952. The first-order valence-corrected chi connectivity index (χ1v) is 10.5. The molecule has 10 heteroatoms. The number of ether oxygens (including phenoxy) is 1. The average Bonchev–Trinajstić information content (AvgIpc) is 3.29. The third-order valence-corrected chi connectivity index (χ3v) is 5.21. The van der Waals surface area contributed by atoms with Crippen LogP contribution in [0.4, 0.5) is 23.2 Å². The molecule has 0 fully saturated rings. The standard InChI is InChI=1S/C23H20F4N2O3S/c1-5-7-13(11-12(3)32-9-6-2)15-16(24)18(26)20(19(27)17(15)25)29-22(30)14-8-10-33-21(14)23(31)28-4/h2,7-8,10-11H,5,9H2,1,3-4H3,(H,28,31)(H,29,30)/b12-11+,13-7+. The Morgan fingerprint density at radius 2 is 1.79 bits per heavy atom. The smallest absolute Gasteiger partial charge is 0.261 e. The number of carbonyl (C=O) groups is 2. The van der Waals surface area contributed by atoms with E-state index in [9.17, 15) is 27.2 Å². The van der Waals surface area contributed by atoms with Crippen molar-refractivity contribution in [3.05, 3.63) is 68.6 Å². The molecule has 0 saturated carbocycles. The summed E-state index contributed by atoms with van der Waals surface area (Å²) in [5.74, 6) is -6.33. The first-order chi connectivity index (χ1) is 15.7. The summed E-state index contributed by atoms with van der Waals surface area (Å²) in [6, 6.07) is 1.24. The molecular formula is C23H20F4N2O3S. The van der Waals surface area contributed by atoms with Crippen LogP contribution >= 0.6 is 11.3 Å². The second-order valence-corrected chi connectivity index (χ2v) is 7.43. The van der Waals surface area contributed by atoms with E-state index in [1.165, 1.54) is 37.6 Å². The van der Waals surface area contributed by atoms with Crippen LogP contribution in [-0.2, 0) is 4.74 Å². The number of hydrogen-bond donors (Lipinski definition) is 2. The van der Waals surface area contributed by atoms with Crippen molar-refractivity contribution < 1.29 is 31.9 Å². The van der Waals surface area contributed by atoms with E-state index in [4.69, 9.17) is 11.2 Å². The number of carbonyl (C=O) groups excluding carboxylic acids is 2. The maximum Gasteiger partial charge on any atom is 0.261 e. The van der Waals surface area contributed by atoms with Gasteiger partial charge in [0.1, 0.15) is 17.2 Å². The molecule has 5 nitrogen and oxygen atoms in total. The number of nitrogens with one attached hydrogen (secondary N) is 2. The van der Waals surface area contributed by atoms with Crippen LogP contribution in [0.25, 0.3) is 5.57 Å². The zero-order valence-corrected chi connectivity index (χ0v) is 18.8. The molecule has 2 rings (SSSR count). The van der Waals surface area contributed by atoms with E-state index in [-0.39, 0.29) is 34.8 Å². The topological polar surface area (TPSA) is 67.4 Å². The first kappa shape index (κ1) is 25.7. The van der Waals surface area contributed by atoms with Crippen LogP contribution in [0.5, 0.6) is 0 Å². The number of hydrogen-bond acceptors (Lipinski definition) is 4. The van der Waals surface area contributed by atoms with Crippen LogP contribution in [0.2, 0.25) is 0 Å². The van der Waals surface area contributed by atoms with Crippen molar-refractivity contribution in [2.24, 2.45) is 0 Å². The molecule has 0 saturated heterocycles. The Morgan fingerprint density at radius 1 is 1.15 bits per heavy atom. The Bertz CT molecular complexity index is 1150. The summed E-state index contributed by atoms with van der Waals surface area (Å²) in [4.78, 5) is 24.3. The fourth-order valence-corrected chi connectivity index (χ4v) is 3.66. The fourth-order valence-electron chi connectivity index (χ4n) is 2.82. The van der Waals surface area contributed by atoms with Crippen LogP contribution < -0.4 is 10.6 Å². The van der Waals surface area contributed by atoms with Crippen molar-refractivity contribution in [1.82, 2.24) is 5.32 Å². The predicted molar refractivity (Wildman–Crippen MR) is 119 cm³/mol. The fraction of sp³-hybridized carbons (Fsp3) is 0.217. The van der Waals surface area contributed by atoms with Gasteiger partial charge in [-0.3, -0.25) is 9.59 Å². The molecule has 0 bridgehead atoms. The number of allylic oxidation sites excluding steroid dienone is 4. The van der Waals surface area contributed by atoms with Gasteiger partial charge in [0.2, 0.25) is 0 Å². The van der Waals surface area contributed by atoms with Crippen molar-refractivity contribution in [3.63, 3.8) is 0 Å². The van der Waals surface area contributed by atoms with Crippen molar-refractivity contribution in [1.29, 1.82) is 0 Å². The molecule has 0 atom stereocenters. The van der Waals surface area contributed by atoms with Crippen LogP contribution in [0, 0.1) is 35.6 Å². The molecule has 33 heavy (non-hydrogen) atoms. The molecule has 0 unspecified atom stereocenters. The van der Waals surface area contributed by atoms with Gasteiger partial charge in [0.15, 0.2) is 23.3 Å². The monoisotopic (exact) mass is 480 g/mol. The van der Waals surface area contributed by atoms with Gasteiger partial charge in [-0.1, -0.05) is 18.9 Å². The molecule has 0 aliphatic heterocycles. The lowest BCUT2D eigenvalue weighted by atomic mass is 10.0. The number of thiophene rings is 1. The minimum absolute atomic E-state index is 0.0332. The summed E-state index contributed by atoms with van der Waals surface area (Å²) >= 11 is 0.912. The lowest BCUT2D eigenvalue weighted by Gasteiger charge is -2.14. The third-order valence-electron chi connectivity index (χ3n) is 4.30. The highest BCUT2D eigenvalue weighted by atomic mass is 32.1. The first-order valence-electron chi connectivity index (χ1n) is 9.59. The number of terminal acetylenes is 1. The summed E-state index contributed by atoms with van der Waals surface area (Å²) < 4.78 is 64.5. The van der Waals surface area contributed by atoms with E-state index >= 15 is 0 Å². The van der Waals surface area contributed by atoms with Crippen LogP contribution in [0.3, 0.4) is 0 Å². The van der Waals surface area contributed by atoms with Gasteiger partial charge in [0.25, 0.3) is 11.8 Å². The maximum atomic E-state index is 14.9. The minimum Gasteiger partial charge on any atom is -0.486 e. The molecule has 0 spiro atoms. The molecule has 2 N–H and O–H groups in total. The summed E-state index contributed by atoms with van der Waals surface area (Å²) in [6.45, 7) is 3.01. The highest BCUT2D eigenvalue weighted by molar-refractivity contribution is 7.12. The van der Waals surface area contributed by atoms with Crippen molar-refractivity contribution >= 4 is 34.4 Å². The molecule has 1 aromatic carbocycles. The van der Waals surface area contributed by atoms with E-state index in [1.54, 1.807) is 6.92 Å². The predicted octanol–water partition coefficient (Wildman–Crippen LogP) is 5.26. The second kappa shape index (κ2) is 11.3. The van der Waals surface area contributed by atoms with E-state index in [1.807, 2.05) is 5.32 Å². The minimum atomic E-state index is -1.80. The van der Waals surface area contributed by atoms with Gasteiger partial charge in [0, 0.05) is 7.05 Å². The van der Waals surface area contributed by atoms with Crippen LogP contribution in [-0.4, -0.2) is 25.5 Å². The van der Waals surface area contributed by atoms with Gasteiger partial charge in [-0.25, -0.2) is 17.6 Å². The van der Waals surface area contributed by atoms with Gasteiger partial charge in [-0.15, -0.1) is 17.8 Å². The lowest BCUT2D eigenvalue weighted by Crippen LogP contribution is -2.22. The third kappa shape index (κ3) is 5.62. The average molecular weight is 480 g/mol. The van der Waals surface area contributed by atoms with E-state index in [0.29, 0.717) is 0 Å².